The molecule has 10 heteroatoms. The van der Waals surface area contributed by atoms with Crippen LogP contribution in [0.3, 0.4) is 0 Å². The minimum absolute atomic E-state index is 0.254. The number of hydrogen-bond donors (Lipinski definition) is 1. The highest BCUT2D eigenvalue weighted by Crippen LogP contribution is 2.38. The number of rotatable bonds is 6. The molecule has 1 N–H and O–H groups in total. The van der Waals surface area contributed by atoms with E-state index in [0.29, 0.717) is 27.2 Å². The number of amides is 1. The van der Waals surface area contributed by atoms with E-state index < -0.39 is 17.4 Å². The smallest absolute Gasteiger partial charge is 0.341 e. The van der Waals surface area contributed by atoms with E-state index in [9.17, 15) is 14.4 Å². The largest absolute Gasteiger partial charge is 0.462 e. The number of ether oxygens (including phenoxy) is 1. The van der Waals surface area contributed by atoms with Crippen molar-refractivity contribution in [1.29, 1.82) is 0 Å². The molecule has 0 fully saturated rings. The molecule has 0 saturated heterocycles. The van der Waals surface area contributed by atoms with Crippen LogP contribution in [0.5, 0.6) is 0 Å². The van der Waals surface area contributed by atoms with Crippen LogP contribution >= 0.6 is 11.3 Å². The number of hydrogen-bond acceptors (Lipinski definition) is 7. The van der Waals surface area contributed by atoms with Crippen molar-refractivity contribution in [3.8, 4) is 5.69 Å². The van der Waals surface area contributed by atoms with Gasteiger partial charge in [-0.3, -0.25) is 9.59 Å². The Bertz CT molecular complexity index is 1550. The Kier molecular flexibility index (Phi) is 6.44. The molecule has 0 unspecified atom stereocenters. The van der Waals surface area contributed by atoms with Crippen molar-refractivity contribution < 1.29 is 14.3 Å². The van der Waals surface area contributed by atoms with E-state index >= 15 is 0 Å². The van der Waals surface area contributed by atoms with Gasteiger partial charge in [0, 0.05) is 10.3 Å². The first kappa shape index (κ1) is 23.9. The fourth-order valence-corrected chi connectivity index (χ4v) is 5.98. The molecule has 4 aromatic rings. The Hall–Kier alpha value is -3.79. The predicted octanol–water partition coefficient (Wildman–Crippen LogP) is 3.95. The summed E-state index contributed by atoms with van der Waals surface area (Å²) in [6.45, 7) is 5.45. The van der Waals surface area contributed by atoms with E-state index in [0.717, 1.165) is 52.1 Å². The number of carbonyl (C=O) groups excluding carboxylic acids is 2. The summed E-state index contributed by atoms with van der Waals surface area (Å²) in [6.07, 6.45) is 5.34. The predicted molar refractivity (Wildman–Crippen MR) is 138 cm³/mol. The highest BCUT2D eigenvalue weighted by molar-refractivity contribution is 7.17. The van der Waals surface area contributed by atoms with Crippen LogP contribution in [0.2, 0.25) is 0 Å². The van der Waals surface area contributed by atoms with E-state index in [2.05, 4.69) is 15.5 Å². The molecular weight excluding hydrogens is 478 g/mol. The molecule has 0 saturated carbocycles. The Morgan fingerprint density at radius 2 is 1.94 bits per heavy atom. The van der Waals surface area contributed by atoms with Crippen molar-refractivity contribution in [2.24, 2.45) is 0 Å². The summed E-state index contributed by atoms with van der Waals surface area (Å²) in [5.41, 5.74) is 3.70. The summed E-state index contributed by atoms with van der Waals surface area (Å²) in [5.74, 6) is -0.864. The van der Waals surface area contributed by atoms with Crippen LogP contribution in [0.15, 0.2) is 35.3 Å². The molecule has 0 radical (unpaired) electrons. The van der Waals surface area contributed by atoms with Crippen LogP contribution in [0.4, 0.5) is 5.00 Å². The minimum atomic E-state index is -0.436. The zero-order valence-electron chi connectivity index (χ0n) is 20.5. The first-order valence-electron chi connectivity index (χ1n) is 12.0. The van der Waals surface area contributed by atoms with Gasteiger partial charge in [0.1, 0.15) is 17.1 Å². The molecular formula is C26H27N5O4S. The van der Waals surface area contributed by atoms with Crippen LogP contribution in [-0.4, -0.2) is 38.0 Å². The Morgan fingerprint density at radius 3 is 2.72 bits per heavy atom. The number of esters is 1. The van der Waals surface area contributed by atoms with Gasteiger partial charge in [0.25, 0.3) is 5.56 Å². The van der Waals surface area contributed by atoms with E-state index in [1.807, 2.05) is 31.2 Å². The van der Waals surface area contributed by atoms with Gasteiger partial charge < -0.3 is 10.1 Å². The van der Waals surface area contributed by atoms with Gasteiger partial charge in [-0.15, -0.1) is 11.3 Å². The molecule has 0 bridgehead atoms. The number of fused-ring (bicyclic) bond motifs is 2. The molecule has 0 atom stereocenters. The van der Waals surface area contributed by atoms with Gasteiger partial charge in [0.05, 0.1) is 29.7 Å². The first-order valence-corrected chi connectivity index (χ1v) is 12.8. The number of para-hydroxylation sites is 1. The van der Waals surface area contributed by atoms with Crippen LogP contribution < -0.4 is 10.9 Å². The third kappa shape index (κ3) is 4.21. The van der Waals surface area contributed by atoms with E-state index in [1.54, 1.807) is 24.7 Å². The summed E-state index contributed by atoms with van der Waals surface area (Å²) < 4.78 is 8.02. The molecule has 1 aliphatic carbocycles. The zero-order valence-corrected chi connectivity index (χ0v) is 21.3. The molecule has 0 spiro atoms. The van der Waals surface area contributed by atoms with E-state index in [-0.39, 0.29) is 13.2 Å². The Balaban J connectivity index is 1.49. The molecule has 3 heterocycles. The lowest BCUT2D eigenvalue weighted by Crippen LogP contribution is -2.31. The number of carbonyl (C=O) groups is 2. The van der Waals surface area contributed by atoms with Crippen LogP contribution in [0.1, 0.15) is 51.8 Å². The second-order valence-corrected chi connectivity index (χ2v) is 9.94. The molecule has 186 valence electrons. The first-order chi connectivity index (χ1) is 17.4. The topological polar surface area (TPSA) is 108 Å². The summed E-state index contributed by atoms with van der Waals surface area (Å²) in [7, 11) is 0. The van der Waals surface area contributed by atoms with Crippen molar-refractivity contribution in [2.45, 2.75) is 53.0 Å². The number of aromatic nitrogens is 4. The average Bonchev–Trinajstić information content (AvgIpc) is 3.45. The zero-order chi connectivity index (χ0) is 25.4. The number of benzene rings is 1. The fourth-order valence-electron chi connectivity index (χ4n) is 4.69. The second-order valence-electron chi connectivity index (χ2n) is 8.84. The summed E-state index contributed by atoms with van der Waals surface area (Å²) in [6, 6.07) is 7.65. The Labute approximate surface area is 211 Å². The molecule has 1 amide bonds. The minimum Gasteiger partial charge on any atom is -0.462 e. The SMILES string of the molecule is CCOC(=O)c1c(NC(=O)Cn2nc(C)c3cnn(-c4ccccc4C)c3c2=O)sc2c1CCCC2. The average molecular weight is 506 g/mol. The maximum Gasteiger partial charge on any atom is 0.341 e. The fraction of sp³-hybridized carbons (Fsp3) is 0.346. The standard InChI is InChI=1S/C26H27N5O4S/c1-4-35-26(34)22-17-10-6-8-12-20(17)36-24(22)28-21(32)14-30-25(33)23-18(16(3)29-30)13-27-31(23)19-11-7-5-9-15(19)2/h5,7,9,11,13H,4,6,8,10,12,14H2,1-3H3,(H,28,32). The summed E-state index contributed by atoms with van der Waals surface area (Å²) in [5, 5.41) is 12.8. The molecule has 36 heavy (non-hydrogen) atoms. The summed E-state index contributed by atoms with van der Waals surface area (Å²) >= 11 is 1.41. The number of nitrogens with one attached hydrogen (secondary N) is 1. The monoisotopic (exact) mass is 505 g/mol. The number of aryl methyl sites for hydroxylation is 3. The van der Waals surface area contributed by atoms with Crippen molar-refractivity contribution >= 4 is 39.1 Å². The van der Waals surface area contributed by atoms with Crippen LogP contribution in [0.25, 0.3) is 16.6 Å². The van der Waals surface area contributed by atoms with Gasteiger partial charge >= 0.3 is 5.97 Å². The molecule has 1 aromatic carbocycles. The van der Waals surface area contributed by atoms with Gasteiger partial charge in [-0.25, -0.2) is 14.2 Å². The van der Waals surface area contributed by atoms with Crippen molar-refractivity contribution in [2.75, 3.05) is 11.9 Å². The van der Waals surface area contributed by atoms with E-state index in [1.165, 1.54) is 11.3 Å². The summed E-state index contributed by atoms with van der Waals surface area (Å²) in [4.78, 5) is 40.4. The highest BCUT2D eigenvalue weighted by atomic mass is 32.1. The third-order valence-corrected chi connectivity index (χ3v) is 7.61. The van der Waals surface area contributed by atoms with Gasteiger partial charge in [-0.1, -0.05) is 18.2 Å². The van der Waals surface area contributed by atoms with Crippen molar-refractivity contribution in [3.63, 3.8) is 0 Å². The lowest BCUT2D eigenvalue weighted by molar-refractivity contribution is -0.116. The van der Waals surface area contributed by atoms with Crippen LogP contribution in [-0.2, 0) is 28.9 Å². The van der Waals surface area contributed by atoms with Gasteiger partial charge in [0.2, 0.25) is 5.91 Å². The number of anilines is 1. The second kappa shape index (κ2) is 9.69. The lowest BCUT2D eigenvalue weighted by atomic mass is 9.95. The normalized spacial score (nSPS) is 13.0. The maximum atomic E-state index is 13.4. The maximum absolute atomic E-state index is 13.4. The van der Waals surface area contributed by atoms with Crippen molar-refractivity contribution in [1.82, 2.24) is 19.6 Å². The molecule has 5 rings (SSSR count). The molecule has 1 aliphatic rings. The highest BCUT2D eigenvalue weighted by Gasteiger charge is 2.27. The lowest BCUT2D eigenvalue weighted by Gasteiger charge is -2.12. The quantitative estimate of drug-likeness (QED) is 0.398. The van der Waals surface area contributed by atoms with E-state index in [4.69, 9.17) is 4.74 Å². The van der Waals surface area contributed by atoms with Gasteiger partial charge in [-0.05, 0) is 63.6 Å². The van der Waals surface area contributed by atoms with Gasteiger partial charge in [0.15, 0.2) is 0 Å². The number of thiophene rings is 1. The van der Waals surface area contributed by atoms with Gasteiger partial charge in [-0.2, -0.15) is 10.2 Å². The van der Waals surface area contributed by atoms with Crippen LogP contribution in [0, 0.1) is 13.8 Å². The molecule has 0 aliphatic heterocycles. The molecule has 3 aromatic heterocycles. The molecule has 9 nitrogen and oxygen atoms in total. The third-order valence-electron chi connectivity index (χ3n) is 6.41. The number of nitrogens with zero attached hydrogens (tertiary/aromatic N) is 4. The Morgan fingerprint density at radius 1 is 1.17 bits per heavy atom. The van der Waals surface area contributed by atoms with Crippen molar-refractivity contribution in [3.05, 3.63) is 68.1 Å².